The summed E-state index contributed by atoms with van der Waals surface area (Å²) in [4.78, 5) is 2.26. The topological polar surface area (TPSA) is 50.3 Å². The normalized spacial score (nSPS) is 20.9. The first kappa shape index (κ1) is 11.1. The molecule has 0 aliphatic carbocycles. The van der Waals surface area contributed by atoms with Crippen molar-refractivity contribution in [2.24, 2.45) is 0 Å². The number of rotatable bonds is 3. The lowest BCUT2D eigenvalue weighted by Gasteiger charge is -2.33. The molecule has 1 aromatic heterocycles. The maximum absolute atomic E-state index is 4.99. The van der Waals surface area contributed by atoms with E-state index in [-0.39, 0.29) is 0 Å². The molecule has 0 aromatic carbocycles. The lowest BCUT2D eigenvalue weighted by molar-refractivity contribution is 0.391. The van der Waals surface area contributed by atoms with E-state index in [1.54, 1.807) is 7.11 Å². The fourth-order valence-corrected chi connectivity index (χ4v) is 2.01. The van der Waals surface area contributed by atoms with Crippen molar-refractivity contribution in [3.8, 4) is 5.88 Å². The van der Waals surface area contributed by atoms with Crippen LogP contribution < -0.4 is 15.0 Å². The van der Waals surface area contributed by atoms with E-state index in [4.69, 9.17) is 4.74 Å². The van der Waals surface area contributed by atoms with Gasteiger partial charge in [-0.25, -0.2) is 0 Å². The maximum Gasteiger partial charge on any atom is 0.233 e. The van der Waals surface area contributed by atoms with Gasteiger partial charge < -0.3 is 15.0 Å². The molecule has 0 spiro atoms. The summed E-state index contributed by atoms with van der Waals surface area (Å²) in [7, 11) is 3.61. The minimum atomic E-state index is 0.553. The molecule has 88 valence electrons. The second-order valence-electron chi connectivity index (χ2n) is 4.01. The van der Waals surface area contributed by atoms with Gasteiger partial charge in [0.25, 0.3) is 0 Å². The first-order chi connectivity index (χ1) is 7.83. The number of nitrogens with zero attached hydrogens (tertiary/aromatic N) is 3. The molecule has 16 heavy (non-hydrogen) atoms. The first-order valence-electron chi connectivity index (χ1n) is 5.63. The SMILES string of the molecule is CNC1CCCN(c2ccc(OC)nn2)C1. The molecule has 5 heteroatoms. The Balaban J connectivity index is 2.05. The van der Waals surface area contributed by atoms with Crippen LogP contribution in [0.5, 0.6) is 5.88 Å². The molecule has 1 fully saturated rings. The average Bonchev–Trinajstić information content (AvgIpc) is 2.39. The zero-order valence-electron chi connectivity index (χ0n) is 9.81. The van der Waals surface area contributed by atoms with Crippen LogP contribution in [0.25, 0.3) is 0 Å². The Labute approximate surface area is 95.8 Å². The lowest BCUT2D eigenvalue weighted by atomic mass is 10.1. The number of hydrogen-bond acceptors (Lipinski definition) is 5. The number of hydrogen-bond donors (Lipinski definition) is 1. The van der Waals surface area contributed by atoms with E-state index in [1.165, 1.54) is 12.8 Å². The van der Waals surface area contributed by atoms with E-state index in [2.05, 4.69) is 20.4 Å². The highest BCUT2D eigenvalue weighted by Crippen LogP contribution is 2.18. The fraction of sp³-hybridized carbons (Fsp3) is 0.636. The number of aromatic nitrogens is 2. The summed E-state index contributed by atoms with van der Waals surface area (Å²) in [6.07, 6.45) is 2.43. The molecule has 1 aliphatic rings. The van der Waals surface area contributed by atoms with Crippen molar-refractivity contribution in [1.82, 2.24) is 15.5 Å². The first-order valence-corrected chi connectivity index (χ1v) is 5.63. The summed E-state index contributed by atoms with van der Waals surface area (Å²) in [5.74, 6) is 1.49. The zero-order valence-corrected chi connectivity index (χ0v) is 9.81. The number of piperidine rings is 1. The summed E-state index contributed by atoms with van der Waals surface area (Å²) in [5.41, 5.74) is 0. The summed E-state index contributed by atoms with van der Waals surface area (Å²) in [5, 5.41) is 11.5. The smallest absolute Gasteiger partial charge is 0.233 e. The van der Waals surface area contributed by atoms with E-state index in [0.29, 0.717) is 11.9 Å². The molecule has 1 aliphatic heterocycles. The van der Waals surface area contributed by atoms with Gasteiger partial charge in [0.2, 0.25) is 5.88 Å². The predicted molar refractivity (Wildman–Crippen MR) is 62.9 cm³/mol. The van der Waals surface area contributed by atoms with Crippen molar-refractivity contribution >= 4 is 5.82 Å². The van der Waals surface area contributed by atoms with Gasteiger partial charge in [-0.15, -0.1) is 10.2 Å². The van der Waals surface area contributed by atoms with Crippen molar-refractivity contribution in [2.45, 2.75) is 18.9 Å². The minimum Gasteiger partial charge on any atom is -0.480 e. The molecule has 0 amide bonds. The zero-order chi connectivity index (χ0) is 11.4. The molecule has 1 saturated heterocycles. The highest BCUT2D eigenvalue weighted by molar-refractivity contribution is 5.39. The molecular weight excluding hydrogens is 204 g/mol. The third kappa shape index (κ3) is 2.41. The quantitative estimate of drug-likeness (QED) is 0.814. The van der Waals surface area contributed by atoms with E-state index in [9.17, 15) is 0 Å². The van der Waals surface area contributed by atoms with Crippen LogP contribution in [-0.2, 0) is 0 Å². The fourth-order valence-electron chi connectivity index (χ4n) is 2.01. The van der Waals surface area contributed by atoms with Crippen LogP contribution >= 0.6 is 0 Å². The second-order valence-corrected chi connectivity index (χ2v) is 4.01. The highest BCUT2D eigenvalue weighted by Gasteiger charge is 2.19. The maximum atomic E-state index is 4.99. The molecule has 5 nitrogen and oxygen atoms in total. The van der Waals surface area contributed by atoms with Crippen molar-refractivity contribution in [3.05, 3.63) is 12.1 Å². The van der Waals surface area contributed by atoms with E-state index >= 15 is 0 Å². The van der Waals surface area contributed by atoms with Crippen LogP contribution in [0.15, 0.2) is 12.1 Å². The Morgan fingerprint density at radius 1 is 1.44 bits per heavy atom. The van der Waals surface area contributed by atoms with E-state index < -0.39 is 0 Å². The van der Waals surface area contributed by atoms with Crippen LogP contribution in [0.3, 0.4) is 0 Å². The number of nitrogens with one attached hydrogen (secondary N) is 1. The molecule has 0 radical (unpaired) electrons. The Hall–Kier alpha value is -1.36. The van der Waals surface area contributed by atoms with Gasteiger partial charge in [0, 0.05) is 25.2 Å². The van der Waals surface area contributed by atoms with Gasteiger partial charge in [-0.3, -0.25) is 0 Å². The van der Waals surface area contributed by atoms with E-state index in [0.717, 1.165) is 18.9 Å². The van der Waals surface area contributed by atoms with Crippen LogP contribution in [0.4, 0.5) is 5.82 Å². The highest BCUT2D eigenvalue weighted by atomic mass is 16.5. The molecule has 1 atom stereocenters. The molecule has 2 rings (SSSR count). The standard InChI is InChI=1S/C11H18N4O/c1-12-9-4-3-7-15(8-9)10-5-6-11(16-2)14-13-10/h5-6,9,12H,3-4,7-8H2,1-2H3. The molecule has 2 heterocycles. The summed E-state index contributed by atoms with van der Waals surface area (Å²) in [6, 6.07) is 4.37. The monoisotopic (exact) mass is 222 g/mol. The Kier molecular flexibility index (Phi) is 3.56. The Bertz CT molecular complexity index is 327. The summed E-state index contributed by atoms with van der Waals surface area (Å²) < 4.78 is 4.99. The van der Waals surface area contributed by atoms with Crippen LogP contribution in [0, 0.1) is 0 Å². The number of methoxy groups -OCH3 is 1. The van der Waals surface area contributed by atoms with Gasteiger partial charge in [0.05, 0.1) is 7.11 Å². The van der Waals surface area contributed by atoms with Gasteiger partial charge >= 0.3 is 0 Å². The molecule has 0 bridgehead atoms. The van der Waals surface area contributed by atoms with Crippen LogP contribution in [-0.4, -0.2) is 43.5 Å². The van der Waals surface area contributed by atoms with Crippen molar-refractivity contribution < 1.29 is 4.74 Å². The van der Waals surface area contributed by atoms with Crippen LogP contribution in [0.2, 0.25) is 0 Å². The Morgan fingerprint density at radius 2 is 2.31 bits per heavy atom. The predicted octanol–water partition coefficient (Wildman–Crippen LogP) is 0.673. The number of ether oxygens (including phenoxy) is 1. The van der Waals surface area contributed by atoms with Crippen LogP contribution in [0.1, 0.15) is 12.8 Å². The van der Waals surface area contributed by atoms with Gasteiger partial charge in [0.15, 0.2) is 5.82 Å². The second kappa shape index (κ2) is 5.12. The third-order valence-electron chi connectivity index (χ3n) is 2.99. The van der Waals surface area contributed by atoms with Crippen molar-refractivity contribution in [1.29, 1.82) is 0 Å². The lowest BCUT2D eigenvalue weighted by Crippen LogP contribution is -2.44. The van der Waals surface area contributed by atoms with Crippen molar-refractivity contribution in [3.63, 3.8) is 0 Å². The van der Waals surface area contributed by atoms with Gasteiger partial charge in [-0.1, -0.05) is 0 Å². The minimum absolute atomic E-state index is 0.553. The van der Waals surface area contributed by atoms with Gasteiger partial charge in [-0.05, 0) is 26.0 Å². The Morgan fingerprint density at radius 3 is 2.94 bits per heavy atom. The number of likely N-dealkylation sites (N-methyl/N-ethyl adjacent to an activating group) is 1. The van der Waals surface area contributed by atoms with E-state index in [1.807, 2.05) is 19.2 Å². The molecule has 1 unspecified atom stereocenters. The molecule has 0 saturated carbocycles. The largest absolute Gasteiger partial charge is 0.480 e. The third-order valence-corrected chi connectivity index (χ3v) is 2.99. The van der Waals surface area contributed by atoms with Crippen molar-refractivity contribution in [2.75, 3.05) is 32.1 Å². The summed E-state index contributed by atoms with van der Waals surface area (Å²) in [6.45, 7) is 2.05. The molecule has 1 N–H and O–H groups in total. The van der Waals surface area contributed by atoms with Gasteiger partial charge in [-0.2, -0.15) is 0 Å². The average molecular weight is 222 g/mol. The molecule has 1 aromatic rings. The molecular formula is C11H18N4O. The summed E-state index contributed by atoms with van der Waals surface area (Å²) >= 11 is 0. The number of anilines is 1. The van der Waals surface area contributed by atoms with Gasteiger partial charge in [0.1, 0.15) is 0 Å².